The molecule has 1 aliphatic carbocycles. The summed E-state index contributed by atoms with van der Waals surface area (Å²) >= 11 is 1.30. The highest BCUT2D eigenvalue weighted by Crippen LogP contribution is 2.39. The highest BCUT2D eigenvalue weighted by Gasteiger charge is 2.31. The van der Waals surface area contributed by atoms with Crippen molar-refractivity contribution in [2.45, 2.75) is 61.0 Å². The number of hydrogen-bond donors (Lipinski definition) is 1. The Morgan fingerprint density at radius 3 is 2.54 bits per heavy atom. The molecule has 1 fully saturated rings. The first-order chi connectivity index (χ1) is 16.8. The third kappa shape index (κ3) is 4.29. The molecule has 7 nitrogen and oxygen atoms in total. The van der Waals surface area contributed by atoms with Crippen LogP contribution in [0.2, 0.25) is 0 Å². The van der Waals surface area contributed by atoms with Crippen molar-refractivity contribution in [2.24, 2.45) is 0 Å². The van der Waals surface area contributed by atoms with E-state index in [4.69, 9.17) is 0 Å². The van der Waals surface area contributed by atoms with Crippen molar-refractivity contribution < 1.29 is 9.50 Å². The van der Waals surface area contributed by atoms with Gasteiger partial charge in [0.1, 0.15) is 18.0 Å². The summed E-state index contributed by atoms with van der Waals surface area (Å²) in [6.45, 7) is 3.92. The van der Waals surface area contributed by atoms with Crippen LogP contribution in [0.15, 0.2) is 52.6 Å². The second-order valence-corrected chi connectivity index (χ2v) is 10.3. The smallest absolute Gasteiger partial charge is 0.124 e. The number of aliphatic hydroxyl groups is 1. The Morgan fingerprint density at radius 2 is 1.83 bits per heavy atom. The minimum atomic E-state index is -0.612. The van der Waals surface area contributed by atoms with Crippen molar-refractivity contribution in [3.8, 4) is 23.3 Å². The van der Waals surface area contributed by atoms with Crippen LogP contribution < -0.4 is 0 Å². The molecule has 0 aliphatic heterocycles. The molecule has 4 aromatic rings. The fourth-order valence-electron chi connectivity index (χ4n) is 4.73. The lowest BCUT2D eigenvalue weighted by atomic mass is 9.83. The first-order valence-corrected chi connectivity index (χ1v) is 12.2. The Bertz CT molecular complexity index is 1510. The summed E-state index contributed by atoms with van der Waals surface area (Å²) < 4.78 is 17.4. The van der Waals surface area contributed by atoms with Crippen molar-refractivity contribution in [3.63, 3.8) is 0 Å². The van der Waals surface area contributed by atoms with Gasteiger partial charge in [-0.3, -0.25) is 4.68 Å². The molecule has 176 valence electrons. The maximum atomic E-state index is 13.7. The highest BCUT2D eigenvalue weighted by atomic mass is 32.2. The summed E-state index contributed by atoms with van der Waals surface area (Å²) in [5.41, 5.74) is 3.50. The zero-order chi connectivity index (χ0) is 24.7. The lowest BCUT2D eigenvalue weighted by Gasteiger charge is -2.33. The van der Waals surface area contributed by atoms with Gasteiger partial charge in [-0.25, -0.2) is 8.91 Å². The topological polar surface area (TPSA) is 103 Å². The Balaban J connectivity index is 1.58. The summed E-state index contributed by atoms with van der Waals surface area (Å²) in [6.07, 6.45) is 8.43. The van der Waals surface area contributed by atoms with Crippen molar-refractivity contribution in [1.82, 2.24) is 19.4 Å². The van der Waals surface area contributed by atoms with Gasteiger partial charge in [0.15, 0.2) is 0 Å². The zero-order valence-electron chi connectivity index (χ0n) is 19.4. The molecule has 0 saturated heterocycles. The quantitative estimate of drug-likeness (QED) is 0.414. The summed E-state index contributed by atoms with van der Waals surface area (Å²) in [5, 5.41) is 38.5. The zero-order valence-corrected chi connectivity index (χ0v) is 20.2. The maximum Gasteiger partial charge on any atom is 0.124 e. The van der Waals surface area contributed by atoms with Gasteiger partial charge in [0.25, 0.3) is 0 Å². The van der Waals surface area contributed by atoms with Gasteiger partial charge in [0.2, 0.25) is 0 Å². The summed E-state index contributed by atoms with van der Waals surface area (Å²) in [4.78, 5) is 1.33. The van der Waals surface area contributed by atoms with Gasteiger partial charge in [-0.1, -0.05) is 11.8 Å². The monoisotopic (exact) mass is 486 g/mol. The van der Waals surface area contributed by atoms with E-state index < -0.39 is 11.4 Å². The van der Waals surface area contributed by atoms with Crippen LogP contribution in [0.25, 0.3) is 16.6 Å². The van der Waals surface area contributed by atoms with Gasteiger partial charge in [0.05, 0.1) is 40.7 Å². The third-order valence-corrected chi connectivity index (χ3v) is 7.82. The van der Waals surface area contributed by atoms with E-state index in [2.05, 4.69) is 16.3 Å². The van der Waals surface area contributed by atoms with Gasteiger partial charge in [-0.2, -0.15) is 20.7 Å². The molecular weight excluding hydrogens is 463 g/mol. The molecule has 0 amide bonds. The van der Waals surface area contributed by atoms with Gasteiger partial charge in [-0.15, -0.1) is 0 Å². The molecule has 35 heavy (non-hydrogen) atoms. The largest absolute Gasteiger partial charge is 0.390 e. The number of rotatable bonds is 4. The van der Waals surface area contributed by atoms with Crippen molar-refractivity contribution in [3.05, 3.63) is 65.5 Å². The van der Waals surface area contributed by atoms with Crippen molar-refractivity contribution >= 4 is 17.3 Å². The van der Waals surface area contributed by atoms with Gasteiger partial charge in [0, 0.05) is 32.8 Å². The summed E-state index contributed by atoms with van der Waals surface area (Å²) in [6, 6.07) is 10.5. The molecule has 1 N–H and O–H groups in total. The highest BCUT2D eigenvalue weighted by molar-refractivity contribution is 7.99. The van der Waals surface area contributed by atoms with Crippen molar-refractivity contribution in [1.29, 1.82) is 10.5 Å². The summed E-state index contributed by atoms with van der Waals surface area (Å²) in [7, 11) is 0. The van der Waals surface area contributed by atoms with E-state index >= 15 is 0 Å². The fraction of sp³-hybridized carbons (Fsp3) is 0.308. The average molecular weight is 487 g/mol. The molecule has 0 radical (unpaired) electrons. The molecule has 0 unspecified atom stereocenters. The number of aromatic nitrogens is 4. The van der Waals surface area contributed by atoms with E-state index in [1.807, 2.05) is 43.1 Å². The Labute approximate surface area is 206 Å². The minimum Gasteiger partial charge on any atom is -0.390 e. The Kier molecular flexibility index (Phi) is 5.84. The van der Waals surface area contributed by atoms with Crippen LogP contribution in [0, 0.1) is 35.4 Å². The minimum absolute atomic E-state index is 0.230. The molecule has 9 heteroatoms. The molecule has 0 spiro atoms. The van der Waals surface area contributed by atoms with E-state index in [-0.39, 0.29) is 11.6 Å². The third-order valence-electron chi connectivity index (χ3n) is 6.71. The van der Waals surface area contributed by atoms with E-state index in [0.717, 1.165) is 47.4 Å². The molecule has 3 aromatic heterocycles. The lowest BCUT2D eigenvalue weighted by molar-refractivity contribution is 0.00826. The number of halogens is 1. The number of nitrogens with zero attached hydrogens (tertiary/aromatic N) is 6. The number of hydrogen-bond acceptors (Lipinski definition) is 6. The molecule has 0 bridgehead atoms. The van der Waals surface area contributed by atoms with E-state index in [1.54, 1.807) is 10.6 Å². The number of pyridine rings is 1. The molecule has 1 aromatic carbocycles. The maximum absolute atomic E-state index is 13.7. The van der Waals surface area contributed by atoms with E-state index in [0.29, 0.717) is 16.0 Å². The van der Waals surface area contributed by atoms with E-state index in [1.165, 1.54) is 30.1 Å². The SMILES string of the molecule is Cc1c(-c2cc(Sc3ccc(F)cc3C#N)c3c(C#N)cnn3c2)cnn1C1CCC(C)(O)CC1. The van der Waals surface area contributed by atoms with Gasteiger partial charge in [-0.05, 0) is 63.8 Å². The first-order valence-electron chi connectivity index (χ1n) is 11.4. The second kappa shape index (κ2) is 8.84. The molecular formula is C26H23FN6OS. The average Bonchev–Trinajstić information content (AvgIpc) is 3.43. The molecule has 3 heterocycles. The second-order valence-electron chi connectivity index (χ2n) is 9.23. The number of benzene rings is 1. The summed E-state index contributed by atoms with van der Waals surface area (Å²) in [5.74, 6) is -0.473. The molecule has 1 saturated carbocycles. The lowest BCUT2D eigenvalue weighted by Crippen LogP contribution is -2.31. The van der Waals surface area contributed by atoms with Crippen LogP contribution >= 0.6 is 11.8 Å². The van der Waals surface area contributed by atoms with Gasteiger partial charge >= 0.3 is 0 Å². The molecule has 5 rings (SSSR count). The normalized spacial score (nSPS) is 20.0. The van der Waals surface area contributed by atoms with Crippen LogP contribution in [-0.4, -0.2) is 30.1 Å². The van der Waals surface area contributed by atoms with Gasteiger partial charge < -0.3 is 5.11 Å². The molecule has 1 aliphatic rings. The van der Waals surface area contributed by atoms with Crippen LogP contribution in [0.5, 0.6) is 0 Å². The predicted molar refractivity (Wildman–Crippen MR) is 129 cm³/mol. The molecule has 0 atom stereocenters. The Morgan fingerprint density at radius 1 is 1.09 bits per heavy atom. The van der Waals surface area contributed by atoms with Crippen LogP contribution in [0.1, 0.15) is 55.5 Å². The van der Waals surface area contributed by atoms with E-state index in [9.17, 15) is 20.0 Å². The van der Waals surface area contributed by atoms with Crippen LogP contribution in [0.4, 0.5) is 4.39 Å². The predicted octanol–water partition coefficient (Wildman–Crippen LogP) is 5.41. The fourth-order valence-corrected chi connectivity index (χ4v) is 5.81. The van der Waals surface area contributed by atoms with Crippen LogP contribution in [-0.2, 0) is 0 Å². The number of fused-ring (bicyclic) bond motifs is 1. The van der Waals surface area contributed by atoms with Crippen molar-refractivity contribution in [2.75, 3.05) is 0 Å². The standard InChI is InChI=1S/C26H23FN6OS/c1-16-22(14-31-33(16)21-5-7-26(2,34)8-6-21)18-10-24(25-19(12-29)13-30-32(25)15-18)35-23-4-3-20(27)9-17(23)11-28/h3-4,9-10,13-15,21,34H,5-8H2,1-2H3. The Hall–Kier alpha value is -3.66. The number of nitriles is 2. The first kappa shape index (κ1) is 23.1. The van der Waals surface area contributed by atoms with Crippen LogP contribution in [0.3, 0.4) is 0 Å².